The number of rotatable bonds is 2. The first kappa shape index (κ1) is 16.4. The fourth-order valence-corrected chi connectivity index (χ4v) is 1.30. The largest absolute Gasteiger partial charge is 0.317 e. The number of piperidine rings is 1. The van der Waals surface area contributed by atoms with Gasteiger partial charge in [0.15, 0.2) is 0 Å². The minimum absolute atomic E-state index is 1.09. The second-order valence-electron chi connectivity index (χ2n) is 3.32. The van der Waals surface area contributed by atoms with E-state index < -0.39 is 0 Å². The van der Waals surface area contributed by atoms with E-state index in [1.54, 1.807) is 0 Å². The molecule has 0 aromatic rings. The molecular weight excluding hydrogens is 172 g/mol. The van der Waals surface area contributed by atoms with Crippen LogP contribution in [0.15, 0.2) is 0 Å². The van der Waals surface area contributed by atoms with Crippen LogP contribution in [0.4, 0.5) is 0 Å². The summed E-state index contributed by atoms with van der Waals surface area (Å²) in [5, 5.41) is 3.11. The van der Waals surface area contributed by atoms with Gasteiger partial charge in [0.2, 0.25) is 0 Å². The first-order valence-electron chi connectivity index (χ1n) is 6.20. The van der Waals surface area contributed by atoms with Crippen LogP contribution >= 0.6 is 0 Å². The molecule has 0 atom stereocenters. The summed E-state index contributed by atoms with van der Waals surface area (Å²) in [5.74, 6) is 0. The maximum atomic E-state index is 3.11. The van der Waals surface area contributed by atoms with E-state index in [0.29, 0.717) is 0 Å². The van der Waals surface area contributed by atoms with Crippen LogP contribution in [0.25, 0.3) is 0 Å². The fourth-order valence-electron chi connectivity index (χ4n) is 1.30. The van der Waals surface area contributed by atoms with Gasteiger partial charge in [0.1, 0.15) is 0 Å². The summed E-state index contributed by atoms with van der Waals surface area (Å²) < 4.78 is 0. The lowest BCUT2D eigenvalue weighted by atomic mass is 10.1. The van der Waals surface area contributed by atoms with Crippen LogP contribution in [0.2, 0.25) is 0 Å². The average molecular weight is 202 g/mol. The SMILES string of the molecule is CC.CCNCC.CN1CCCCC1. The van der Waals surface area contributed by atoms with Crippen LogP contribution in [0.5, 0.6) is 0 Å². The van der Waals surface area contributed by atoms with Gasteiger partial charge in [-0.25, -0.2) is 0 Å². The summed E-state index contributed by atoms with van der Waals surface area (Å²) in [5.41, 5.74) is 0. The second kappa shape index (κ2) is 15.4. The summed E-state index contributed by atoms with van der Waals surface area (Å²) in [7, 11) is 2.19. The molecule has 0 saturated carbocycles. The van der Waals surface area contributed by atoms with Crippen molar-refractivity contribution >= 4 is 0 Å². The Labute approximate surface area is 91.1 Å². The number of nitrogens with one attached hydrogen (secondary N) is 1. The maximum absolute atomic E-state index is 3.11. The molecule has 0 spiro atoms. The minimum Gasteiger partial charge on any atom is -0.317 e. The number of nitrogens with zero attached hydrogens (tertiary/aromatic N) is 1. The molecule has 1 rings (SSSR count). The number of likely N-dealkylation sites (tertiary alicyclic amines) is 1. The van der Waals surface area contributed by atoms with Crippen LogP contribution in [0, 0.1) is 0 Å². The molecule has 14 heavy (non-hydrogen) atoms. The molecule has 88 valence electrons. The van der Waals surface area contributed by atoms with E-state index in [0.717, 1.165) is 13.1 Å². The van der Waals surface area contributed by atoms with Gasteiger partial charge in [0.05, 0.1) is 0 Å². The molecule has 0 bridgehead atoms. The smallest absolute Gasteiger partial charge is 0.00218 e. The van der Waals surface area contributed by atoms with Gasteiger partial charge in [0.25, 0.3) is 0 Å². The van der Waals surface area contributed by atoms with Gasteiger partial charge in [-0.3, -0.25) is 0 Å². The highest BCUT2D eigenvalue weighted by Crippen LogP contribution is 2.04. The zero-order valence-corrected chi connectivity index (χ0v) is 10.9. The van der Waals surface area contributed by atoms with Crippen molar-refractivity contribution in [2.24, 2.45) is 0 Å². The molecule has 1 fully saturated rings. The van der Waals surface area contributed by atoms with Crippen LogP contribution in [-0.4, -0.2) is 38.1 Å². The van der Waals surface area contributed by atoms with Gasteiger partial charge in [-0.2, -0.15) is 0 Å². The summed E-state index contributed by atoms with van der Waals surface area (Å²) in [6.07, 6.45) is 4.28. The Morgan fingerprint density at radius 2 is 1.36 bits per heavy atom. The lowest BCUT2D eigenvalue weighted by Gasteiger charge is -2.20. The molecule has 1 aliphatic rings. The topological polar surface area (TPSA) is 15.3 Å². The Kier molecular flexibility index (Phi) is 18.0. The minimum atomic E-state index is 1.09. The van der Waals surface area contributed by atoms with E-state index in [-0.39, 0.29) is 0 Å². The van der Waals surface area contributed by atoms with Crippen molar-refractivity contribution in [1.82, 2.24) is 10.2 Å². The average Bonchev–Trinajstić information content (AvgIpc) is 2.24. The summed E-state index contributed by atoms with van der Waals surface area (Å²) in [6, 6.07) is 0. The third-order valence-corrected chi connectivity index (χ3v) is 2.08. The van der Waals surface area contributed by atoms with Crippen molar-refractivity contribution in [3.05, 3.63) is 0 Å². The Hall–Kier alpha value is -0.0800. The van der Waals surface area contributed by atoms with Crippen molar-refractivity contribution in [2.45, 2.75) is 47.0 Å². The van der Waals surface area contributed by atoms with Gasteiger partial charge in [-0.05, 0) is 46.1 Å². The Balaban J connectivity index is 0. The zero-order chi connectivity index (χ0) is 11.2. The van der Waals surface area contributed by atoms with Crippen molar-refractivity contribution in [3.8, 4) is 0 Å². The van der Waals surface area contributed by atoms with Gasteiger partial charge < -0.3 is 10.2 Å². The van der Waals surface area contributed by atoms with Gasteiger partial charge in [-0.1, -0.05) is 34.1 Å². The van der Waals surface area contributed by atoms with E-state index in [1.807, 2.05) is 13.8 Å². The lowest BCUT2D eigenvalue weighted by Crippen LogP contribution is -2.24. The molecule has 1 heterocycles. The standard InChI is InChI=1S/C6H13N.C4H11N.C2H6/c1-7-5-3-2-4-6-7;1-3-5-4-2;1-2/h2-6H2,1H3;5H,3-4H2,1-2H3;1-2H3. The molecular formula is C12H30N2. The Bertz CT molecular complexity index is 76.4. The Morgan fingerprint density at radius 1 is 0.929 bits per heavy atom. The van der Waals surface area contributed by atoms with Gasteiger partial charge >= 0.3 is 0 Å². The van der Waals surface area contributed by atoms with E-state index in [4.69, 9.17) is 0 Å². The highest BCUT2D eigenvalue weighted by Gasteiger charge is 2.02. The van der Waals surface area contributed by atoms with E-state index >= 15 is 0 Å². The van der Waals surface area contributed by atoms with Crippen LogP contribution in [-0.2, 0) is 0 Å². The normalized spacial score (nSPS) is 16.1. The molecule has 0 aromatic heterocycles. The number of hydrogen-bond donors (Lipinski definition) is 1. The van der Waals surface area contributed by atoms with Crippen molar-refractivity contribution < 1.29 is 0 Å². The molecule has 1 N–H and O–H groups in total. The van der Waals surface area contributed by atoms with E-state index in [1.165, 1.54) is 32.4 Å². The summed E-state index contributed by atoms with van der Waals surface area (Å²) in [4.78, 5) is 2.39. The van der Waals surface area contributed by atoms with Gasteiger partial charge in [0, 0.05) is 0 Å². The molecule has 2 nitrogen and oxygen atoms in total. The lowest BCUT2D eigenvalue weighted by molar-refractivity contribution is 0.277. The highest BCUT2D eigenvalue weighted by molar-refractivity contribution is 4.58. The van der Waals surface area contributed by atoms with Crippen LogP contribution in [0.1, 0.15) is 47.0 Å². The molecule has 2 heteroatoms. The molecule has 0 unspecified atom stereocenters. The Morgan fingerprint density at radius 3 is 1.50 bits per heavy atom. The van der Waals surface area contributed by atoms with Crippen LogP contribution in [0.3, 0.4) is 0 Å². The molecule has 0 aliphatic carbocycles. The predicted molar refractivity (Wildman–Crippen MR) is 66.9 cm³/mol. The van der Waals surface area contributed by atoms with Gasteiger partial charge in [-0.15, -0.1) is 0 Å². The first-order valence-corrected chi connectivity index (χ1v) is 6.20. The third-order valence-electron chi connectivity index (χ3n) is 2.08. The highest BCUT2D eigenvalue weighted by atomic mass is 15.1. The van der Waals surface area contributed by atoms with E-state index in [9.17, 15) is 0 Å². The zero-order valence-electron chi connectivity index (χ0n) is 10.9. The molecule has 0 aromatic carbocycles. The fraction of sp³-hybridized carbons (Fsp3) is 1.00. The maximum Gasteiger partial charge on any atom is -0.00218 e. The molecule has 0 amide bonds. The number of hydrogen-bond acceptors (Lipinski definition) is 2. The van der Waals surface area contributed by atoms with Crippen LogP contribution < -0.4 is 5.32 Å². The molecule has 1 aliphatic heterocycles. The van der Waals surface area contributed by atoms with Crippen molar-refractivity contribution in [1.29, 1.82) is 0 Å². The quantitative estimate of drug-likeness (QED) is 0.741. The predicted octanol–water partition coefficient (Wildman–Crippen LogP) is 2.74. The van der Waals surface area contributed by atoms with Crippen molar-refractivity contribution in [3.63, 3.8) is 0 Å². The third kappa shape index (κ3) is 14.4. The monoisotopic (exact) mass is 202 g/mol. The molecule has 1 saturated heterocycles. The second-order valence-corrected chi connectivity index (χ2v) is 3.32. The summed E-state index contributed by atoms with van der Waals surface area (Å²) in [6.45, 7) is 13.0. The summed E-state index contributed by atoms with van der Waals surface area (Å²) >= 11 is 0. The van der Waals surface area contributed by atoms with E-state index in [2.05, 4.69) is 31.1 Å². The van der Waals surface area contributed by atoms with Crippen molar-refractivity contribution in [2.75, 3.05) is 33.2 Å². The first-order chi connectivity index (χ1) is 6.81. The molecule has 0 radical (unpaired) electrons.